The number of fused-ring (bicyclic) bond motifs is 4. The van der Waals surface area contributed by atoms with Crippen LogP contribution in [0.2, 0.25) is 0 Å². The highest BCUT2D eigenvalue weighted by atomic mass is 28.4. The van der Waals surface area contributed by atoms with Gasteiger partial charge in [-0.05, 0) is 73.0 Å². The summed E-state index contributed by atoms with van der Waals surface area (Å²) in [5.41, 5.74) is 4.07. The van der Waals surface area contributed by atoms with Crippen molar-refractivity contribution in [2.45, 2.75) is 20.8 Å². The van der Waals surface area contributed by atoms with Crippen molar-refractivity contribution in [3.63, 3.8) is 0 Å². The Morgan fingerprint density at radius 3 is 2.00 bits per heavy atom. The van der Waals surface area contributed by atoms with E-state index in [1.165, 1.54) is 5.39 Å². The molecule has 5 rings (SSSR count). The lowest BCUT2D eigenvalue weighted by Crippen LogP contribution is -2.56. The summed E-state index contributed by atoms with van der Waals surface area (Å²) < 4.78 is 24.5. The topological polar surface area (TPSA) is 40.8 Å². The van der Waals surface area contributed by atoms with Crippen molar-refractivity contribution < 1.29 is 17.7 Å². The highest BCUT2D eigenvalue weighted by molar-refractivity contribution is 6.75. The minimum absolute atomic E-state index is 0.543. The third-order valence-corrected chi connectivity index (χ3v) is 8.93. The summed E-state index contributed by atoms with van der Waals surface area (Å²) in [4.78, 5) is 0. The van der Waals surface area contributed by atoms with Crippen LogP contribution in [0.5, 0.6) is 0 Å². The maximum absolute atomic E-state index is 6.12. The summed E-state index contributed by atoms with van der Waals surface area (Å²) in [5, 5.41) is 5.57. The van der Waals surface area contributed by atoms with E-state index in [2.05, 4.69) is 60.7 Å². The molecule has 4 nitrogen and oxygen atoms in total. The average Bonchev–Trinajstić information content (AvgIpc) is 3.21. The molecule has 0 bridgehead atoms. The third-order valence-electron chi connectivity index (χ3n) is 5.91. The van der Waals surface area contributed by atoms with Crippen LogP contribution in [0.1, 0.15) is 20.8 Å². The molecule has 0 radical (unpaired) electrons. The Morgan fingerprint density at radius 1 is 0.606 bits per heavy atom. The fourth-order valence-electron chi connectivity index (χ4n) is 4.47. The van der Waals surface area contributed by atoms with E-state index >= 15 is 0 Å². The van der Waals surface area contributed by atoms with E-state index < -0.39 is 8.80 Å². The van der Waals surface area contributed by atoms with Gasteiger partial charge in [0.2, 0.25) is 0 Å². The van der Waals surface area contributed by atoms with Crippen molar-refractivity contribution in [2.24, 2.45) is 0 Å². The predicted molar refractivity (Wildman–Crippen MR) is 137 cm³/mol. The zero-order valence-corrected chi connectivity index (χ0v) is 20.3. The van der Waals surface area contributed by atoms with Crippen molar-refractivity contribution in [3.8, 4) is 11.1 Å². The Morgan fingerprint density at radius 2 is 1.24 bits per heavy atom. The van der Waals surface area contributed by atoms with Crippen LogP contribution in [0.3, 0.4) is 0 Å². The van der Waals surface area contributed by atoms with Crippen molar-refractivity contribution in [1.29, 1.82) is 0 Å². The molecule has 0 saturated heterocycles. The first-order valence-electron chi connectivity index (χ1n) is 11.5. The third kappa shape index (κ3) is 3.98. The highest BCUT2D eigenvalue weighted by Gasteiger charge is 2.43. The van der Waals surface area contributed by atoms with E-state index in [9.17, 15) is 0 Å². The van der Waals surface area contributed by atoms with Gasteiger partial charge in [-0.15, -0.1) is 0 Å². The molecule has 0 fully saturated rings. The van der Waals surface area contributed by atoms with Gasteiger partial charge >= 0.3 is 8.80 Å². The van der Waals surface area contributed by atoms with Crippen LogP contribution in [0.15, 0.2) is 83.3 Å². The van der Waals surface area contributed by atoms with Gasteiger partial charge in [-0.1, -0.05) is 48.5 Å². The zero-order chi connectivity index (χ0) is 22.8. The smallest absolute Gasteiger partial charge is 0.456 e. The van der Waals surface area contributed by atoms with Gasteiger partial charge in [-0.25, -0.2) is 0 Å². The average molecular weight is 457 g/mol. The number of rotatable bonds is 8. The molecule has 0 N–H and O–H groups in total. The largest absolute Gasteiger partial charge is 0.537 e. The number of benzene rings is 4. The molecule has 0 amide bonds. The summed E-state index contributed by atoms with van der Waals surface area (Å²) in [5.74, 6) is 0. The van der Waals surface area contributed by atoms with Crippen LogP contribution in [0.4, 0.5) is 0 Å². The molecule has 0 unspecified atom stereocenters. The second-order valence-electron chi connectivity index (χ2n) is 7.94. The Balaban J connectivity index is 1.59. The molecule has 5 aromatic rings. The summed E-state index contributed by atoms with van der Waals surface area (Å²) >= 11 is 0. The monoisotopic (exact) mass is 456 g/mol. The first-order valence-corrected chi connectivity index (χ1v) is 13.3. The molecule has 4 aromatic carbocycles. The summed E-state index contributed by atoms with van der Waals surface area (Å²) in [6, 6.07) is 27.5. The van der Waals surface area contributed by atoms with E-state index in [1.807, 2.05) is 39.0 Å². The second-order valence-corrected chi connectivity index (χ2v) is 10.5. The molecule has 0 spiro atoms. The summed E-state index contributed by atoms with van der Waals surface area (Å²) in [6.07, 6.45) is 0. The van der Waals surface area contributed by atoms with Crippen LogP contribution in [-0.2, 0) is 13.3 Å². The lowest BCUT2D eigenvalue weighted by Gasteiger charge is -2.28. The maximum atomic E-state index is 6.12. The van der Waals surface area contributed by atoms with Crippen LogP contribution < -0.4 is 5.19 Å². The van der Waals surface area contributed by atoms with E-state index in [1.54, 1.807) is 0 Å². The lowest BCUT2D eigenvalue weighted by molar-refractivity contribution is 0.0859. The maximum Gasteiger partial charge on any atom is 0.537 e. The Hall–Kier alpha value is -2.96. The van der Waals surface area contributed by atoms with Gasteiger partial charge in [0.1, 0.15) is 11.2 Å². The van der Waals surface area contributed by atoms with Crippen molar-refractivity contribution in [1.82, 2.24) is 0 Å². The van der Waals surface area contributed by atoms with Gasteiger partial charge in [-0.3, -0.25) is 0 Å². The molecule has 5 heteroatoms. The van der Waals surface area contributed by atoms with E-state index in [4.69, 9.17) is 17.7 Å². The van der Waals surface area contributed by atoms with Crippen molar-refractivity contribution >= 4 is 46.7 Å². The second kappa shape index (κ2) is 9.12. The highest BCUT2D eigenvalue weighted by Crippen LogP contribution is 2.33. The number of para-hydroxylation sites is 1. The Labute approximate surface area is 195 Å². The summed E-state index contributed by atoms with van der Waals surface area (Å²) in [6.45, 7) is 7.57. The first kappa shape index (κ1) is 21.9. The number of hydrogen-bond acceptors (Lipinski definition) is 4. The minimum Gasteiger partial charge on any atom is -0.456 e. The van der Waals surface area contributed by atoms with Gasteiger partial charge in [0, 0.05) is 35.8 Å². The van der Waals surface area contributed by atoms with Gasteiger partial charge < -0.3 is 17.7 Å². The molecule has 33 heavy (non-hydrogen) atoms. The molecule has 0 aliphatic heterocycles. The van der Waals surface area contributed by atoms with Crippen LogP contribution in [0, 0.1) is 0 Å². The standard InChI is InChI=1S/C28H28O4Si/c1-4-29-33(30-5-2,31-6-3)24-15-13-20-11-12-21(17-23(20)18-24)22-14-16-26-25-9-7-8-10-27(25)32-28(26)19-22/h7-19H,4-6H2,1-3H3. The molecule has 0 atom stereocenters. The van der Waals surface area contributed by atoms with Crippen LogP contribution >= 0.6 is 0 Å². The molecule has 0 aliphatic carbocycles. The molecule has 1 heterocycles. The SMILES string of the molecule is CCO[Si](OCC)(OCC)c1ccc2ccc(-c3ccc4c(c3)oc3ccccc34)cc2c1. The van der Waals surface area contributed by atoms with Crippen LogP contribution in [0.25, 0.3) is 43.8 Å². The summed E-state index contributed by atoms with van der Waals surface area (Å²) in [7, 11) is -2.96. The predicted octanol–water partition coefficient (Wildman–Crippen LogP) is 6.66. The van der Waals surface area contributed by atoms with Crippen LogP contribution in [-0.4, -0.2) is 28.6 Å². The minimum atomic E-state index is -2.96. The number of furan rings is 1. The number of hydrogen-bond donors (Lipinski definition) is 0. The molecule has 0 aliphatic rings. The fourth-order valence-corrected chi connectivity index (χ4v) is 6.98. The lowest BCUT2D eigenvalue weighted by atomic mass is 10.00. The van der Waals surface area contributed by atoms with Crippen molar-refractivity contribution in [3.05, 3.63) is 78.9 Å². The van der Waals surface area contributed by atoms with Gasteiger partial charge in [0.25, 0.3) is 0 Å². The van der Waals surface area contributed by atoms with Gasteiger partial charge in [0.05, 0.1) is 0 Å². The van der Waals surface area contributed by atoms with Crippen molar-refractivity contribution in [2.75, 3.05) is 19.8 Å². The van der Waals surface area contributed by atoms with E-state index in [-0.39, 0.29) is 0 Å². The first-order chi connectivity index (χ1) is 16.2. The van der Waals surface area contributed by atoms with E-state index in [0.717, 1.165) is 43.6 Å². The van der Waals surface area contributed by atoms with E-state index in [0.29, 0.717) is 19.8 Å². The Bertz CT molecular complexity index is 1400. The zero-order valence-electron chi connectivity index (χ0n) is 19.3. The molecular weight excluding hydrogens is 428 g/mol. The van der Waals surface area contributed by atoms with Gasteiger partial charge in [0.15, 0.2) is 0 Å². The molecular formula is C28H28O4Si. The quantitative estimate of drug-likeness (QED) is 0.245. The fraction of sp³-hybridized carbons (Fsp3) is 0.214. The Kier molecular flexibility index (Phi) is 6.04. The molecule has 0 saturated carbocycles. The normalized spacial score (nSPS) is 12.2. The van der Waals surface area contributed by atoms with Gasteiger partial charge in [-0.2, -0.15) is 0 Å². The molecule has 1 aromatic heterocycles. The molecule has 168 valence electrons.